The van der Waals surface area contributed by atoms with Crippen LogP contribution in [0.15, 0.2) is 27.6 Å². The van der Waals surface area contributed by atoms with Gasteiger partial charge in [-0.3, -0.25) is 4.79 Å². The van der Waals surface area contributed by atoms with Gasteiger partial charge in [0.25, 0.3) is 0 Å². The van der Waals surface area contributed by atoms with Crippen LogP contribution in [-0.4, -0.2) is 27.4 Å². The number of nitrogens with one attached hydrogen (secondary N) is 2. The molecule has 1 aromatic rings. The number of anilines is 1. The van der Waals surface area contributed by atoms with Gasteiger partial charge in [0.15, 0.2) is 0 Å². The molecule has 1 amide bonds. The van der Waals surface area contributed by atoms with E-state index in [0.717, 1.165) is 0 Å². The monoisotopic (exact) mass is 333 g/mol. The highest BCUT2D eigenvalue weighted by molar-refractivity contribution is 9.10. The fourth-order valence-electron chi connectivity index (χ4n) is 1.48. The maximum absolute atomic E-state index is 11.7. The summed E-state index contributed by atoms with van der Waals surface area (Å²) < 4.78 is 22.8. The molecule has 0 aliphatic carbocycles. The van der Waals surface area contributed by atoms with Gasteiger partial charge in [0.05, 0.1) is 16.5 Å². The van der Waals surface area contributed by atoms with Crippen molar-refractivity contribution in [3.63, 3.8) is 0 Å². The van der Waals surface area contributed by atoms with Crippen molar-refractivity contribution < 1.29 is 13.2 Å². The third kappa shape index (κ3) is 2.89. The zero-order chi connectivity index (χ0) is 13.3. The Labute approximate surface area is 113 Å². The van der Waals surface area contributed by atoms with E-state index in [-0.39, 0.29) is 16.7 Å². The number of nitrogens with two attached hydrogens (primary N) is 1. The molecule has 1 heterocycles. The predicted molar refractivity (Wildman–Crippen MR) is 70.5 cm³/mol. The van der Waals surface area contributed by atoms with Gasteiger partial charge < -0.3 is 10.6 Å². The number of sulfonamides is 1. The van der Waals surface area contributed by atoms with Gasteiger partial charge in [-0.2, -0.15) is 0 Å². The Morgan fingerprint density at radius 3 is 2.56 bits per heavy atom. The number of amides is 1. The van der Waals surface area contributed by atoms with Crippen LogP contribution < -0.4 is 15.8 Å². The van der Waals surface area contributed by atoms with Crippen LogP contribution in [0.3, 0.4) is 0 Å². The average molecular weight is 334 g/mol. The van der Waals surface area contributed by atoms with Crippen LogP contribution in [0, 0.1) is 5.92 Å². The zero-order valence-electron chi connectivity index (χ0n) is 9.31. The minimum absolute atomic E-state index is 0.00214. The highest BCUT2D eigenvalue weighted by Gasteiger charge is 2.25. The van der Waals surface area contributed by atoms with Crippen molar-refractivity contribution in [1.29, 1.82) is 0 Å². The summed E-state index contributed by atoms with van der Waals surface area (Å²) in [5.41, 5.74) is 0.527. The molecule has 0 aromatic heterocycles. The highest BCUT2D eigenvalue weighted by Crippen LogP contribution is 2.26. The number of carbonyl (C=O) groups is 1. The van der Waals surface area contributed by atoms with Crippen molar-refractivity contribution in [2.24, 2.45) is 11.1 Å². The standard InChI is InChI=1S/C10H12BrN3O3S/c11-8-3-7(18(12,16)17)1-2-9(8)14-10(15)6-4-13-5-6/h1-3,6,13H,4-5H2,(H,14,15)(H2,12,16,17). The molecule has 8 heteroatoms. The molecule has 1 aliphatic rings. The summed E-state index contributed by atoms with van der Waals surface area (Å²) in [6.45, 7) is 1.33. The lowest BCUT2D eigenvalue weighted by molar-refractivity contribution is -0.121. The number of hydrogen-bond acceptors (Lipinski definition) is 4. The second-order valence-corrected chi connectivity index (χ2v) is 6.45. The summed E-state index contributed by atoms with van der Waals surface area (Å²) in [7, 11) is -3.73. The smallest absolute Gasteiger partial charge is 0.238 e. The first-order chi connectivity index (χ1) is 8.38. The van der Waals surface area contributed by atoms with Crippen LogP contribution in [0.2, 0.25) is 0 Å². The van der Waals surface area contributed by atoms with Gasteiger partial charge in [0.2, 0.25) is 15.9 Å². The van der Waals surface area contributed by atoms with Crippen molar-refractivity contribution in [2.45, 2.75) is 4.90 Å². The molecule has 0 saturated carbocycles. The van der Waals surface area contributed by atoms with Crippen LogP contribution >= 0.6 is 15.9 Å². The third-order valence-electron chi connectivity index (χ3n) is 2.68. The quantitative estimate of drug-likeness (QED) is 0.738. The Hall–Kier alpha value is -0.960. The van der Waals surface area contributed by atoms with Crippen LogP contribution in [-0.2, 0) is 14.8 Å². The van der Waals surface area contributed by atoms with Crippen LogP contribution in [0.5, 0.6) is 0 Å². The summed E-state index contributed by atoms with van der Waals surface area (Å²) in [5, 5.41) is 10.7. The fraction of sp³-hybridized carbons (Fsp3) is 0.300. The molecule has 0 unspecified atom stereocenters. The van der Waals surface area contributed by atoms with E-state index < -0.39 is 10.0 Å². The number of carbonyl (C=O) groups excluding carboxylic acids is 1. The molecule has 1 aliphatic heterocycles. The molecule has 0 atom stereocenters. The molecule has 0 radical (unpaired) electrons. The molecule has 1 aromatic carbocycles. The van der Waals surface area contributed by atoms with E-state index in [1.165, 1.54) is 18.2 Å². The molecule has 18 heavy (non-hydrogen) atoms. The van der Waals surface area contributed by atoms with Crippen LogP contribution in [0.4, 0.5) is 5.69 Å². The second kappa shape index (κ2) is 4.96. The molecule has 0 bridgehead atoms. The average Bonchev–Trinajstić information content (AvgIpc) is 2.16. The van der Waals surface area contributed by atoms with E-state index in [0.29, 0.717) is 23.2 Å². The van der Waals surface area contributed by atoms with E-state index in [1.807, 2.05) is 0 Å². The number of rotatable bonds is 3. The van der Waals surface area contributed by atoms with Crippen LogP contribution in [0.1, 0.15) is 0 Å². The van der Waals surface area contributed by atoms with Gasteiger partial charge in [0, 0.05) is 17.6 Å². The molecular weight excluding hydrogens is 322 g/mol. The van der Waals surface area contributed by atoms with Crippen molar-refractivity contribution >= 4 is 37.5 Å². The second-order valence-electron chi connectivity index (χ2n) is 4.03. The maximum Gasteiger partial charge on any atom is 0.238 e. The lowest BCUT2D eigenvalue weighted by atomic mass is 10.0. The first kappa shape index (κ1) is 13.5. The van der Waals surface area contributed by atoms with Gasteiger partial charge >= 0.3 is 0 Å². The Bertz CT molecular complexity index is 584. The molecule has 98 valence electrons. The van der Waals surface area contributed by atoms with Crippen molar-refractivity contribution in [1.82, 2.24) is 5.32 Å². The van der Waals surface area contributed by atoms with E-state index in [2.05, 4.69) is 26.6 Å². The molecular formula is C10H12BrN3O3S. The maximum atomic E-state index is 11.7. The minimum Gasteiger partial charge on any atom is -0.325 e. The number of primary sulfonamides is 1. The predicted octanol–water partition coefficient (Wildman–Crippen LogP) is 0.254. The first-order valence-electron chi connectivity index (χ1n) is 5.22. The van der Waals surface area contributed by atoms with Gasteiger partial charge in [-0.1, -0.05) is 0 Å². The normalized spacial score (nSPS) is 16.1. The van der Waals surface area contributed by atoms with Crippen molar-refractivity contribution in [3.8, 4) is 0 Å². The van der Waals surface area contributed by atoms with Gasteiger partial charge in [-0.05, 0) is 34.1 Å². The molecule has 2 rings (SSSR count). The molecule has 1 fully saturated rings. The summed E-state index contributed by atoms with van der Waals surface area (Å²) in [5.74, 6) is -0.118. The van der Waals surface area contributed by atoms with Gasteiger partial charge in [0.1, 0.15) is 0 Å². The molecule has 1 saturated heterocycles. The van der Waals surface area contributed by atoms with E-state index >= 15 is 0 Å². The molecule has 6 nitrogen and oxygen atoms in total. The fourth-order valence-corrected chi connectivity index (χ4v) is 2.65. The first-order valence-corrected chi connectivity index (χ1v) is 7.56. The number of halogens is 1. The number of hydrogen-bond donors (Lipinski definition) is 3. The van der Waals surface area contributed by atoms with Gasteiger partial charge in [-0.25, -0.2) is 13.6 Å². The van der Waals surface area contributed by atoms with Gasteiger partial charge in [-0.15, -0.1) is 0 Å². The minimum atomic E-state index is -3.73. The lowest BCUT2D eigenvalue weighted by Crippen LogP contribution is -2.48. The summed E-state index contributed by atoms with van der Waals surface area (Å²) in [6.07, 6.45) is 0. The summed E-state index contributed by atoms with van der Waals surface area (Å²) >= 11 is 3.21. The zero-order valence-corrected chi connectivity index (χ0v) is 11.7. The van der Waals surface area contributed by atoms with E-state index in [4.69, 9.17) is 5.14 Å². The summed E-state index contributed by atoms with van der Waals surface area (Å²) in [6, 6.07) is 4.23. The SMILES string of the molecule is NS(=O)(=O)c1ccc(NC(=O)C2CNC2)c(Br)c1. The van der Waals surface area contributed by atoms with Crippen molar-refractivity contribution in [3.05, 3.63) is 22.7 Å². The highest BCUT2D eigenvalue weighted by atomic mass is 79.9. The topological polar surface area (TPSA) is 101 Å². The van der Waals surface area contributed by atoms with E-state index in [1.54, 1.807) is 0 Å². The molecule has 0 spiro atoms. The largest absolute Gasteiger partial charge is 0.325 e. The summed E-state index contributed by atoms with van der Waals surface area (Å²) in [4.78, 5) is 11.7. The Kier molecular flexibility index (Phi) is 3.71. The lowest BCUT2D eigenvalue weighted by Gasteiger charge is -2.26. The third-order valence-corrected chi connectivity index (χ3v) is 4.25. The van der Waals surface area contributed by atoms with E-state index in [9.17, 15) is 13.2 Å². The Morgan fingerprint density at radius 1 is 1.44 bits per heavy atom. The Balaban J connectivity index is 2.17. The molecule has 4 N–H and O–H groups in total. The van der Waals surface area contributed by atoms with Crippen LogP contribution in [0.25, 0.3) is 0 Å². The Morgan fingerprint density at radius 2 is 2.11 bits per heavy atom. The number of benzene rings is 1. The van der Waals surface area contributed by atoms with Crippen molar-refractivity contribution in [2.75, 3.05) is 18.4 Å².